The number of hydrogen-bond acceptors (Lipinski definition) is 5. The van der Waals surface area contributed by atoms with Gasteiger partial charge in [0.2, 0.25) is 15.9 Å². The average molecular weight is 507 g/mol. The topological polar surface area (TPSA) is 101 Å². The van der Waals surface area contributed by atoms with Gasteiger partial charge < -0.3 is 5.32 Å². The lowest BCUT2D eigenvalue weighted by atomic mass is 10.1. The fourth-order valence-electron chi connectivity index (χ4n) is 3.32. The molecule has 1 N–H and O–H groups in total. The number of sulfonamides is 1. The van der Waals surface area contributed by atoms with Crippen LogP contribution >= 0.6 is 11.6 Å². The third-order valence-corrected chi connectivity index (χ3v) is 8.29. The van der Waals surface area contributed by atoms with Crippen molar-refractivity contribution in [2.45, 2.75) is 41.1 Å². The Morgan fingerprint density at radius 2 is 1.59 bits per heavy atom. The van der Waals surface area contributed by atoms with E-state index in [1.807, 2.05) is 0 Å². The summed E-state index contributed by atoms with van der Waals surface area (Å²) in [4.78, 5) is 12.4. The van der Waals surface area contributed by atoms with Gasteiger partial charge in [-0.25, -0.2) is 25.6 Å². The number of halogens is 3. The number of carbonyl (C=O) groups is 1. The van der Waals surface area contributed by atoms with Gasteiger partial charge in [-0.15, -0.1) is 0 Å². The largest absolute Gasteiger partial charge is 0.354 e. The van der Waals surface area contributed by atoms with Crippen molar-refractivity contribution >= 4 is 37.4 Å². The maximum absolute atomic E-state index is 14.3. The Kier molecular flexibility index (Phi) is 6.94. The molecule has 7 nitrogen and oxygen atoms in total. The second-order valence-corrected chi connectivity index (χ2v) is 11.9. The van der Waals surface area contributed by atoms with Crippen LogP contribution in [0.25, 0.3) is 0 Å². The molecule has 1 atom stereocenters. The second kappa shape index (κ2) is 9.05. The van der Waals surface area contributed by atoms with Gasteiger partial charge in [-0.3, -0.25) is 4.79 Å². The molecule has 0 aliphatic carbocycles. The van der Waals surface area contributed by atoms with Gasteiger partial charge in [0.25, 0.3) is 5.92 Å². The minimum Gasteiger partial charge on any atom is -0.354 e. The molecule has 0 unspecified atom stereocenters. The Morgan fingerprint density at radius 3 is 2.16 bits per heavy atom. The third kappa shape index (κ3) is 5.64. The van der Waals surface area contributed by atoms with Gasteiger partial charge >= 0.3 is 0 Å². The van der Waals surface area contributed by atoms with Crippen LogP contribution in [0.3, 0.4) is 0 Å². The summed E-state index contributed by atoms with van der Waals surface area (Å²) in [5.41, 5.74) is 0.329. The van der Waals surface area contributed by atoms with E-state index >= 15 is 0 Å². The van der Waals surface area contributed by atoms with Crippen LogP contribution in [0, 0.1) is 0 Å². The van der Waals surface area contributed by atoms with Gasteiger partial charge in [-0.2, -0.15) is 4.31 Å². The van der Waals surface area contributed by atoms with E-state index < -0.39 is 57.1 Å². The molecule has 1 heterocycles. The fraction of sp³-hybridized carbons (Fsp3) is 0.350. The van der Waals surface area contributed by atoms with Gasteiger partial charge in [0.05, 0.1) is 9.79 Å². The van der Waals surface area contributed by atoms with Crippen LogP contribution in [0.2, 0.25) is 5.02 Å². The first-order valence-electron chi connectivity index (χ1n) is 9.52. The molecule has 3 rings (SSSR count). The predicted octanol–water partition coefficient (Wildman–Crippen LogP) is 2.85. The molecule has 0 saturated carbocycles. The van der Waals surface area contributed by atoms with Gasteiger partial charge in [-0.1, -0.05) is 23.7 Å². The Bertz CT molecular complexity index is 1200. The van der Waals surface area contributed by atoms with E-state index in [1.54, 1.807) is 0 Å². The molecule has 1 amide bonds. The Morgan fingerprint density at radius 1 is 1.03 bits per heavy atom. The SMILES string of the molecule is CS(=O)(=O)c1ccc(CN([C@@H]2CC(F)(F)CCNC2=O)S(=O)(=O)c2ccc(Cl)cc2)cc1. The molecule has 1 saturated heterocycles. The molecule has 2 aromatic carbocycles. The van der Waals surface area contributed by atoms with Crippen LogP contribution in [-0.2, 0) is 31.2 Å². The molecular formula is C20H21ClF2N2O5S2. The monoisotopic (exact) mass is 506 g/mol. The second-order valence-electron chi connectivity index (χ2n) is 7.54. The standard InChI is InChI=1S/C20H21ClF2N2O5S2/c1-31(27,28)16-6-2-14(3-7-16)13-25(18-12-20(22,23)10-11-24-19(18)26)32(29,30)17-8-4-15(21)5-9-17/h2-9,18H,10-13H2,1H3,(H,24,26)/t18-/m1/s1. The van der Waals surface area contributed by atoms with Crippen molar-refractivity contribution in [1.29, 1.82) is 0 Å². The number of hydrogen-bond donors (Lipinski definition) is 1. The summed E-state index contributed by atoms with van der Waals surface area (Å²) in [7, 11) is -7.87. The lowest BCUT2D eigenvalue weighted by Crippen LogP contribution is -2.49. The van der Waals surface area contributed by atoms with Crippen LogP contribution in [0.1, 0.15) is 18.4 Å². The molecule has 0 radical (unpaired) electrons. The first-order chi connectivity index (χ1) is 14.8. The third-order valence-electron chi connectivity index (χ3n) is 5.04. The van der Waals surface area contributed by atoms with Crippen LogP contribution in [0.15, 0.2) is 58.3 Å². The van der Waals surface area contributed by atoms with Crippen LogP contribution in [-0.4, -0.2) is 51.8 Å². The van der Waals surface area contributed by atoms with Crippen molar-refractivity contribution < 1.29 is 30.4 Å². The highest BCUT2D eigenvalue weighted by Crippen LogP contribution is 2.32. The highest BCUT2D eigenvalue weighted by atomic mass is 35.5. The highest BCUT2D eigenvalue weighted by Gasteiger charge is 2.45. The van der Waals surface area contributed by atoms with Crippen molar-refractivity contribution in [3.63, 3.8) is 0 Å². The number of nitrogens with one attached hydrogen (secondary N) is 1. The zero-order valence-corrected chi connectivity index (χ0v) is 19.4. The highest BCUT2D eigenvalue weighted by molar-refractivity contribution is 7.90. The number of rotatable bonds is 6. The lowest BCUT2D eigenvalue weighted by molar-refractivity contribution is -0.126. The predicted molar refractivity (Wildman–Crippen MR) is 115 cm³/mol. The number of nitrogens with zero attached hydrogens (tertiary/aromatic N) is 1. The minimum atomic E-state index is -4.39. The fourth-order valence-corrected chi connectivity index (χ4v) is 5.65. The molecule has 0 bridgehead atoms. The maximum atomic E-state index is 14.3. The molecule has 174 valence electrons. The summed E-state index contributed by atoms with van der Waals surface area (Å²) in [6.07, 6.45) is -0.558. The van der Waals surface area contributed by atoms with E-state index in [0.717, 1.165) is 10.6 Å². The minimum absolute atomic E-state index is 0.0205. The lowest BCUT2D eigenvalue weighted by Gasteiger charge is -2.30. The average Bonchev–Trinajstić information content (AvgIpc) is 2.83. The first-order valence-corrected chi connectivity index (χ1v) is 13.2. The van der Waals surface area contributed by atoms with E-state index in [0.29, 0.717) is 5.56 Å². The summed E-state index contributed by atoms with van der Waals surface area (Å²) in [6, 6.07) is 8.82. The molecule has 32 heavy (non-hydrogen) atoms. The van der Waals surface area contributed by atoms with Crippen LogP contribution in [0.5, 0.6) is 0 Å². The van der Waals surface area contributed by atoms with Gasteiger partial charge in [0.1, 0.15) is 6.04 Å². The van der Waals surface area contributed by atoms with Crippen molar-refractivity contribution in [2.75, 3.05) is 12.8 Å². The maximum Gasteiger partial charge on any atom is 0.251 e. The molecule has 2 aromatic rings. The summed E-state index contributed by atoms with van der Waals surface area (Å²) in [5, 5.41) is 2.64. The number of amides is 1. The molecule has 0 spiro atoms. The van der Waals surface area contributed by atoms with Gasteiger partial charge in [0, 0.05) is 37.2 Å². The van der Waals surface area contributed by atoms with Gasteiger partial charge in [-0.05, 0) is 42.0 Å². The van der Waals surface area contributed by atoms with Crippen molar-refractivity contribution in [1.82, 2.24) is 9.62 Å². The Labute approximate surface area is 190 Å². The Hall–Kier alpha value is -2.08. The molecular weight excluding hydrogens is 486 g/mol. The number of benzene rings is 2. The molecule has 1 fully saturated rings. The number of sulfone groups is 1. The van der Waals surface area contributed by atoms with E-state index in [1.165, 1.54) is 48.5 Å². The zero-order valence-electron chi connectivity index (χ0n) is 17.0. The summed E-state index contributed by atoms with van der Waals surface area (Å²) in [5.74, 6) is -4.08. The van der Waals surface area contributed by atoms with Crippen LogP contribution in [0.4, 0.5) is 8.78 Å². The summed E-state index contributed by atoms with van der Waals surface area (Å²) < 4.78 is 79.5. The summed E-state index contributed by atoms with van der Waals surface area (Å²) in [6.45, 7) is -0.691. The molecule has 1 aliphatic heterocycles. The number of alkyl halides is 2. The first kappa shape index (κ1) is 24.6. The van der Waals surface area contributed by atoms with Crippen molar-refractivity contribution in [2.24, 2.45) is 0 Å². The quantitative estimate of drug-likeness (QED) is 0.649. The van der Waals surface area contributed by atoms with Crippen LogP contribution < -0.4 is 5.32 Å². The van der Waals surface area contributed by atoms with E-state index in [2.05, 4.69) is 5.32 Å². The molecule has 12 heteroatoms. The van der Waals surface area contributed by atoms with E-state index in [4.69, 9.17) is 11.6 Å². The van der Waals surface area contributed by atoms with Crippen molar-refractivity contribution in [3.05, 3.63) is 59.1 Å². The van der Waals surface area contributed by atoms with E-state index in [9.17, 15) is 30.4 Å². The normalized spacial score (nSPS) is 19.4. The Balaban J connectivity index is 2.06. The van der Waals surface area contributed by atoms with Crippen molar-refractivity contribution in [3.8, 4) is 0 Å². The smallest absolute Gasteiger partial charge is 0.251 e. The van der Waals surface area contributed by atoms with E-state index in [-0.39, 0.29) is 21.4 Å². The number of carbonyl (C=O) groups excluding carboxylic acids is 1. The zero-order chi connectivity index (χ0) is 23.7. The molecule has 1 aliphatic rings. The summed E-state index contributed by atoms with van der Waals surface area (Å²) >= 11 is 5.83. The molecule has 0 aromatic heterocycles. The van der Waals surface area contributed by atoms with Gasteiger partial charge in [0.15, 0.2) is 9.84 Å².